The van der Waals surface area contributed by atoms with E-state index >= 15 is 0 Å². The van der Waals surface area contributed by atoms with Crippen LogP contribution in [-0.2, 0) is 10.0 Å². The van der Waals surface area contributed by atoms with E-state index in [4.69, 9.17) is 0 Å². The number of para-hydroxylation sites is 1. The topological polar surface area (TPSA) is 64.0 Å². The van der Waals surface area contributed by atoms with Crippen molar-refractivity contribution in [2.45, 2.75) is 17.2 Å². The predicted molar refractivity (Wildman–Crippen MR) is 141 cm³/mol. The van der Waals surface area contributed by atoms with Gasteiger partial charge in [-0.2, -0.15) is 5.10 Å². The molecular weight excluding hydrogens is 474 g/mol. The summed E-state index contributed by atoms with van der Waals surface area (Å²) in [5, 5.41) is 6.56. The third kappa shape index (κ3) is 5.27. The van der Waals surface area contributed by atoms with Gasteiger partial charge in [0.2, 0.25) is 10.0 Å². The lowest BCUT2D eigenvalue weighted by Crippen LogP contribution is -2.26. The molecule has 0 fully saturated rings. The van der Waals surface area contributed by atoms with Crippen molar-refractivity contribution in [3.63, 3.8) is 0 Å². The van der Waals surface area contributed by atoms with E-state index in [0.717, 1.165) is 21.7 Å². The molecule has 1 N–H and O–H groups in total. The van der Waals surface area contributed by atoms with Crippen molar-refractivity contribution in [2.24, 2.45) is 0 Å². The molecule has 7 heteroatoms. The Morgan fingerprint density at radius 2 is 1.40 bits per heavy atom. The van der Waals surface area contributed by atoms with Crippen LogP contribution in [0.1, 0.15) is 23.5 Å². The molecule has 0 radical (unpaired) electrons. The Labute approximate surface area is 209 Å². The number of hydrogen-bond acceptors (Lipinski definition) is 4. The van der Waals surface area contributed by atoms with Gasteiger partial charge >= 0.3 is 0 Å². The third-order valence-corrected chi connectivity index (χ3v) is 8.21. The van der Waals surface area contributed by atoms with E-state index in [0.29, 0.717) is 18.7 Å². The number of hydrogen-bond donors (Lipinski definition) is 1. The lowest BCUT2D eigenvalue weighted by molar-refractivity contribution is 0.575. The fourth-order valence-corrected chi connectivity index (χ4v) is 6.14. The zero-order chi connectivity index (χ0) is 24.1. The van der Waals surface area contributed by atoms with Crippen molar-refractivity contribution < 1.29 is 8.42 Å². The van der Waals surface area contributed by atoms with E-state index in [1.54, 1.807) is 10.9 Å². The summed E-state index contributed by atoms with van der Waals surface area (Å²) in [4.78, 5) is 0.992. The third-order valence-electron chi connectivity index (χ3n) is 5.87. The van der Waals surface area contributed by atoms with Gasteiger partial charge in [0, 0.05) is 12.5 Å². The Kier molecular flexibility index (Phi) is 6.90. The molecule has 2 aromatic heterocycles. The quantitative estimate of drug-likeness (QED) is 0.266. The van der Waals surface area contributed by atoms with Gasteiger partial charge in [-0.25, -0.2) is 17.8 Å². The molecule has 0 saturated carbocycles. The molecule has 0 saturated heterocycles. The number of rotatable bonds is 9. The Morgan fingerprint density at radius 1 is 0.800 bits per heavy atom. The summed E-state index contributed by atoms with van der Waals surface area (Å²) in [6.07, 6.45) is 2.23. The Morgan fingerprint density at radius 3 is 1.97 bits per heavy atom. The van der Waals surface area contributed by atoms with E-state index in [1.807, 2.05) is 84.2 Å². The Hall–Kier alpha value is -3.52. The highest BCUT2D eigenvalue weighted by molar-refractivity contribution is 7.89. The van der Waals surface area contributed by atoms with E-state index in [9.17, 15) is 8.42 Å². The van der Waals surface area contributed by atoms with Crippen molar-refractivity contribution in [3.05, 3.63) is 126 Å². The molecule has 5 nitrogen and oxygen atoms in total. The Bertz CT molecular complexity index is 1430. The van der Waals surface area contributed by atoms with Crippen LogP contribution in [-0.4, -0.2) is 24.7 Å². The van der Waals surface area contributed by atoms with Gasteiger partial charge in [-0.05, 0) is 41.1 Å². The van der Waals surface area contributed by atoms with Crippen LogP contribution in [0.5, 0.6) is 0 Å². The summed E-state index contributed by atoms with van der Waals surface area (Å²) in [5.74, 6) is 0.0870. The van der Waals surface area contributed by atoms with E-state index in [1.165, 1.54) is 11.3 Å². The lowest BCUT2D eigenvalue weighted by Gasteiger charge is -2.18. The maximum absolute atomic E-state index is 13.5. The van der Waals surface area contributed by atoms with Crippen LogP contribution in [0.25, 0.3) is 16.3 Å². The minimum atomic E-state index is -3.79. The van der Waals surface area contributed by atoms with Crippen LogP contribution in [0.2, 0.25) is 0 Å². The summed E-state index contributed by atoms with van der Waals surface area (Å²) in [5.41, 5.74) is 3.59. The van der Waals surface area contributed by atoms with Gasteiger partial charge in [0.25, 0.3) is 0 Å². The molecule has 0 aliphatic rings. The maximum atomic E-state index is 13.5. The summed E-state index contributed by atoms with van der Waals surface area (Å²) in [6, 6.07) is 33.7. The fraction of sp³-hybridized carbons (Fsp3) is 0.107. The number of sulfonamides is 1. The highest BCUT2D eigenvalue weighted by Gasteiger charge is 2.25. The summed E-state index contributed by atoms with van der Waals surface area (Å²) < 4.78 is 31.4. The SMILES string of the molecule is O=S(=O)(NCCC(c1ccccc1)c1ccccc1)c1cn(-c2ccccc2)nc1-c1cccs1. The first kappa shape index (κ1) is 23.2. The number of aromatic nitrogens is 2. The molecule has 2 heterocycles. The Balaban J connectivity index is 1.41. The standard InChI is InChI=1S/C28H25N3O2S2/c32-35(33,29-19-18-25(22-11-4-1-5-12-22)23-13-6-2-7-14-23)27-21-31(24-15-8-3-9-16-24)30-28(27)26-17-10-20-34-26/h1-17,20-21,25,29H,18-19H2. The zero-order valence-electron chi connectivity index (χ0n) is 19.0. The van der Waals surface area contributed by atoms with E-state index in [2.05, 4.69) is 34.1 Å². The number of nitrogens with one attached hydrogen (secondary N) is 1. The largest absolute Gasteiger partial charge is 0.244 e. The summed E-state index contributed by atoms with van der Waals surface area (Å²) in [6.45, 7) is 0.303. The highest BCUT2D eigenvalue weighted by Crippen LogP contribution is 2.31. The second-order valence-electron chi connectivity index (χ2n) is 8.16. The van der Waals surface area contributed by atoms with Crippen molar-refractivity contribution in [1.29, 1.82) is 0 Å². The van der Waals surface area contributed by atoms with Crippen molar-refractivity contribution in [3.8, 4) is 16.3 Å². The van der Waals surface area contributed by atoms with Crippen LogP contribution in [0.4, 0.5) is 0 Å². The van der Waals surface area contributed by atoms with Crippen LogP contribution >= 0.6 is 11.3 Å². The summed E-state index contributed by atoms with van der Waals surface area (Å²) in [7, 11) is -3.79. The first-order valence-electron chi connectivity index (χ1n) is 11.4. The smallest absolute Gasteiger partial charge is 0.239 e. The van der Waals surface area contributed by atoms with Gasteiger partial charge in [0.05, 0.1) is 16.8 Å². The average Bonchev–Trinajstić information content (AvgIpc) is 3.59. The van der Waals surface area contributed by atoms with Gasteiger partial charge in [-0.1, -0.05) is 84.9 Å². The van der Waals surface area contributed by atoms with Crippen LogP contribution < -0.4 is 4.72 Å². The van der Waals surface area contributed by atoms with E-state index in [-0.39, 0.29) is 10.8 Å². The molecule has 3 aromatic carbocycles. The second-order valence-corrected chi connectivity index (χ2v) is 10.8. The molecule has 0 unspecified atom stereocenters. The molecule has 0 bridgehead atoms. The first-order chi connectivity index (χ1) is 17.1. The molecule has 176 valence electrons. The van der Waals surface area contributed by atoms with Gasteiger partial charge in [-0.15, -0.1) is 11.3 Å². The average molecular weight is 500 g/mol. The van der Waals surface area contributed by atoms with Gasteiger partial charge < -0.3 is 0 Å². The van der Waals surface area contributed by atoms with Gasteiger partial charge in [-0.3, -0.25) is 0 Å². The van der Waals surface area contributed by atoms with Crippen LogP contribution in [0, 0.1) is 0 Å². The molecule has 5 rings (SSSR count). The molecule has 35 heavy (non-hydrogen) atoms. The predicted octanol–water partition coefficient (Wildman–Crippen LogP) is 6.10. The number of benzene rings is 3. The molecule has 5 aromatic rings. The van der Waals surface area contributed by atoms with E-state index < -0.39 is 10.0 Å². The van der Waals surface area contributed by atoms with Crippen molar-refractivity contribution in [2.75, 3.05) is 6.54 Å². The molecule has 0 aliphatic heterocycles. The fourth-order valence-electron chi connectivity index (χ4n) is 4.16. The minimum Gasteiger partial charge on any atom is -0.239 e. The van der Waals surface area contributed by atoms with Crippen molar-refractivity contribution in [1.82, 2.24) is 14.5 Å². The van der Waals surface area contributed by atoms with Crippen molar-refractivity contribution >= 4 is 21.4 Å². The highest BCUT2D eigenvalue weighted by atomic mass is 32.2. The molecule has 0 amide bonds. The lowest BCUT2D eigenvalue weighted by atomic mass is 9.89. The monoisotopic (exact) mass is 499 g/mol. The van der Waals surface area contributed by atoms with Crippen LogP contribution in [0.15, 0.2) is 120 Å². The van der Waals surface area contributed by atoms with Crippen LogP contribution in [0.3, 0.4) is 0 Å². The summed E-state index contributed by atoms with van der Waals surface area (Å²) >= 11 is 1.47. The normalized spacial score (nSPS) is 11.7. The zero-order valence-corrected chi connectivity index (χ0v) is 20.6. The number of thiophene rings is 1. The number of nitrogens with zero attached hydrogens (tertiary/aromatic N) is 2. The molecular formula is C28H25N3O2S2. The minimum absolute atomic E-state index is 0.0870. The second kappa shape index (κ2) is 10.4. The molecule has 0 atom stereocenters. The van der Waals surface area contributed by atoms with Gasteiger partial charge in [0.15, 0.2) is 0 Å². The maximum Gasteiger partial charge on any atom is 0.244 e. The molecule has 0 aliphatic carbocycles. The first-order valence-corrected chi connectivity index (χ1v) is 13.8. The van der Waals surface area contributed by atoms with Gasteiger partial charge in [0.1, 0.15) is 10.6 Å². The molecule has 0 spiro atoms.